The summed E-state index contributed by atoms with van der Waals surface area (Å²) in [5.74, 6) is -0.923. The largest absolute Gasteiger partial charge is 0.481 e. The monoisotopic (exact) mass is 270 g/mol. The number of hydrogen-bond acceptors (Lipinski definition) is 3. The van der Waals surface area contributed by atoms with Crippen LogP contribution in [0.25, 0.3) is 0 Å². The van der Waals surface area contributed by atoms with Crippen molar-refractivity contribution >= 4 is 11.7 Å². The van der Waals surface area contributed by atoms with E-state index >= 15 is 0 Å². The van der Waals surface area contributed by atoms with Gasteiger partial charge in [0.1, 0.15) is 5.41 Å². The zero-order valence-corrected chi connectivity index (χ0v) is 11.1. The molecule has 0 saturated heterocycles. The lowest BCUT2D eigenvalue weighted by Crippen LogP contribution is -2.45. The third-order valence-corrected chi connectivity index (χ3v) is 3.54. The third-order valence-electron chi connectivity index (χ3n) is 3.54. The Balaban J connectivity index is 2.45. The van der Waals surface area contributed by atoms with Crippen molar-refractivity contribution in [2.75, 3.05) is 12.3 Å². The minimum Gasteiger partial charge on any atom is -0.481 e. The highest BCUT2D eigenvalue weighted by atomic mass is 16.4. The molecule has 0 aliphatic rings. The van der Waals surface area contributed by atoms with Gasteiger partial charge < -0.3 is 16.6 Å². The average molecular weight is 270 g/mol. The van der Waals surface area contributed by atoms with E-state index in [0.717, 1.165) is 5.56 Å². The first-order valence-corrected chi connectivity index (χ1v) is 6.42. The van der Waals surface area contributed by atoms with Crippen molar-refractivity contribution < 1.29 is 9.90 Å². The molecule has 1 unspecified atom stereocenters. The zero-order chi connectivity index (χ0) is 14.6. The highest BCUT2D eigenvalue weighted by Gasteiger charge is 2.39. The summed E-state index contributed by atoms with van der Waals surface area (Å²) in [6.07, 6.45) is 0.313. The summed E-state index contributed by atoms with van der Waals surface area (Å²) in [4.78, 5) is 11.8. The van der Waals surface area contributed by atoms with Crippen LogP contribution in [0.2, 0.25) is 0 Å². The van der Waals surface area contributed by atoms with Crippen molar-refractivity contribution in [3.05, 3.63) is 65.7 Å². The molecule has 0 aliphatic heterocycles. The molecule has 2 aromatic carbocycles. The van der Waals surface area contributed by atoms with E-state index in [-0.39, 0.29) is 6.54 Å². The smallest absolute Gasteiger partial charge is 0.315 e. The first-order valence-electron chi connectivity index (χ1n) is 6.42. The first-order chi connectivity index (χ1) is 9.58. The molecule has 0 aliphatic carbocycles. The van der Waals surface area contributed by atoms with Crippen molar-refractivity contribution in [2.45, 2.75) is 11.8 Å². The van der Waals surface area contributed by atoms with Crippen molar-refractivity contribution in [1.29, 1.82) is 0 Å². The van der Waals surface area contributed by atoms with E-state index in [4.69, 9.17) is 11.5 Å². The number of aliphatic carboxylic acids is 1. The molecule has 0 bridgehead atoms. The minimum absolute atomic E-state index is 0.0289. The van der Waals surface area contributed by atoms with E-state index in [2.05, 4.69) is 0 Å². The van der Waals surface area contributed by atoms with Crippen LogP contribution in [0.5, 0.6) is 0 Å². The number of nitrogen functional groups attached to an aromatic ring is 1. The molecular formula is C16H18N2O2. The van der Waals surface area contributed by atoms with Crippen LogP contribution in [0.3, 0.4) is 0 Å². The number of carboxylic acid groups (broad SMARTS) is 1. The molecular weight excluding hydrogens is 252 g/mol. The van der Waals surface area contributed by atoms with Gasteiger partial charge in [0, 0.05) is 12.2 Å². The van der Waals surface area contributed by atoms with Crippen molar-refractivity contribution in [2.24, 2.45) is 5.73 Å². The summed E-state index contributed by atoms with van der Waals surface area (Å²) in [6, 6.07) is 16.3. The van der Waals surface area contributed by atoms with Gasteiger partial charge in [-0.25, -0.2) is 0 Å². The second kappa shape index (κ2) is 5.75. The van der Waals surface area contributed by atoms with E-state index in [0.29, 0.717) is 17.7 Å². The highest BCUT2D eigenvalue weighted by Crippen LogP contribution is 2.28. The lowest BCUT2D eigenvalue weighted by atomic mass is 9.75. The van der Waals surface area contributed by atoms with E-state index in [1.54, 1.807) is 24.3 Å². The SMILES string of the molecule is NCC(Cc1cccc(N)c1)(C(=O)O)c1ccccc1. The Labute approximate surface area is 118 Å². The van der Waals surface area contributed by atoms with Crippen molar-refractivity contribution in [1.82, 2.24) is 0 Å². The van der Waals surface area contributed by atoms with Gasteiger partial charge in [-0.15, -0.1) is 0 Å². The molecule has 0 amide bonds. The number of nitrogens with two attached hydrogens (primary N) is 2. The van der Waals surface area contributed by atoms with Gasteiger partial charge in [0.25, 0.3) is 0 Å². The predicted molar refractivity (Wildman–Crippen MR) is 79.4 cm³/mol. The van der Waals surface area contributed by atoms with E-state index < -0.39 is 11.4 Å². The van der Waals surface area contributed by atoms with Crippen LogP contribution in [0.1, 0.15) is 11.1 Å². The highest BCUT2D eigenvalue weighted by molar-refractivity contribution is 5.82. The first kappa shape index (κ1) is 14.1. The van der Waals surface area contributed by atoms with Crippen LogP contribution in [0, 0.1) is 0 Å². The Bertz CT molecular complexity index is 598. The zero-order valence-electron chi connectivity index (χ0n) is 11.1. The standard InChI is InChI=1S/C16H18N2O2/c17-11-16(15(19)20,13-6-2-1-3-7-13)10-12-5-4-8-14(18)9-12/h1-9H,10-11,17-18H2,(H,19,20). The number of anilines is 1. The number of rotatable bonds is 5. The number of carbonyl (C=O) groups is 1. The van der Waals surface area contributed by atoms with Crippen molar-refractivity contribution in [3.8, 4) is 0 Å². The molecule has 4 heteroatoms. The Kier molecular flexibility index (Phi) is 4.05. The summed E-state index contributed by atoms with van der Waals surface area (Å²) in [5, 5.41) is 9.70. The molecule has 0 saturated carbocycles. The minimum atomic E-state index is -1.13. The van der Waals surface area contributed by atoms with Gasteiger partial charge in [-0.05, 0) is 29.7 Å². The van der Waals surface area contributed by atoms with Gasteiger partial charge in [-0.2, -0.15) is 0 Å². The van der Waals surface area contributed by atoms with Gasteiger partial charge in [0.15, 0.2) is 0 Å². The normalized spacial score (nSPS) is 13.7. The average Bonchev–Trinajstić information content (AvgIpc) is 2.45. The molecule has 0 fully saturated rings. The maximum Gasteiger partial charge on any atom is 0.315 e. The third kappa shape index (κ3) is 2.65. The van der Waals surface area contributed by atoms with Gasteiger partial charge in [0.2, 0.25) is 0 Å². The van der Waals surface area contributed by atoms with E-state index in [9.17, 15) is 9.90 Å². The maximum atomic E-state index is 11.8. The van der Waals surface area contributed by atoms with Crippen LogP contribution in [0.4, 0.5) is 5.69 Å². The van der Waals surface area contributed by atoms with Gasteiger partial charge in [0.05, 0.1) is 0 Å². The second-order valence-corrected chi connectivity index (χ2v) is 4.88. The molecule has 104 valence electrons. The van der Waals surface area contributed by atoms with Gasteiger partial charge in [-0.1, -0.05) is 42.5 Å². The number of benzene rings is 2. The lowest BCUT2D eigenvalue weighted by molar-refractivity contribution is -0.143. The molecule has 20 heavy (non-hydrogen) atoms. The van der Waals surface area contributed by atoms with Crippen LogP contribution in [0.15, 0.2) is 54.6 Å². The second-order valence-electron chi connectivity index (χ2n) is 4.88. The quantitative estimate of drug-likeness (QED) is 0.723. The van der Waals surface area contributed by atoms with E-state index in [1.165, 1.54) is 0 Å². The van der Waals surface area contributed by atoms with Crippen LogP contribution < -0.4 is 11.5 Å². The molecule has 0 spiro atoms. The molecule has 0 aromatic heterocycles. The van der Waals surface area contributed by atoms with Crippen molar-refractivity contribution in [3.63, 3.8) is 0 Å². The summed E-state index contributed by atoms with van der Waals surface area (Å²) in [7, 11) is 0. The summed E-state index contributed by atoms with van der Waals surface area (Å²) in [6.45, 7) is 0.0289. The van der Waals surface area contributed by atoms with Crippen LogP contribution in [-0.2, 0) is 16.6 Å². The topological polar surface area (TPSA) is 89.3 Å². The van der Waals surface area contributed by atoms with Crippen LogP contribution >= 0.6 is 0 Å². The number of hydrogen-bond donors (Lipinski definition) is 3. The fraction of sp³-hybridized carbons (Fsp3) is 0.188. The summed E-state index contributed by atoms with van der Waals surface area (Å²) >= 11 is 0. The fourth-order valence-corrected chi connectivity index (χ4v) is 2.39. The molecule has 0 radical (unpaired) electrons. The lowest BCUT2D eigenvalue weighted by Gasteiger charge is -2.28. The van der Waals surface area contributed by atoms with Gasteiger partial charge >= 0.3 is 5.97 Å². The van der Waals surface area contributed by atoms with Crippen LogP contribution in [-0.4, -0.2) is 17.6 Å². The molecule has 1 atom stereocenters. The summed E-state index contributed by atoms with van der Waals surface area (Å²) < 4.78 is 0. The predicted octanol–water partition coefficient (Wildman–Crippen LogP) is 1.79. The Morgan fingerprint density at radius 1 is 1.10 bits per heavy atom. The molecule has 4 nitrogen and oxygen atoms in total. The van der Waals surface area contributed by atoms with Gasteiger partial charge in [-0.3, -0.25) is 4.79 Å². The molecule has 2 rings (SSSR count). The Hall–Kier alpha value is -2.33. The Morgan fingerprint density at radius 2 is 1.80 bits per heavy atom. The van der Waals surface area contributed by atoms with E-state index in [1.807, 2.05) is 30.3 Å². The fourth-order valence-electron chi connectivity index (χ4n) is 2.39. The number of carboxylic acids is 1. The molecule has 2 aromatic rings. The maximum absolute atomic E-state index is 11.8. The summed E-state index contributed by atoms with van der Waals surface area (Å²) in [5.41, 5.74) is 12.6. The Morgan fingerprint density at radius 3 is 2.35 bits per heavy atom. The molecule has 5 N–H and O–H groups in total. The molecule has 0 heterocycles.